The van der Waals surface area contributed by atoms with E-state index in [0.717, 1.165) is 0 Å². The Morgan fingerprint density at radius 1 is 1.39 bits per heavy atom. The van der Waals surface area contributed by atoms with Crippen LogP contribution >= 0.6 is 0 Å². The number of urea groups is 1. The Kier molecular flexibility index (Phi) is 5.60. The Hall–Kier alpha value is -1.65. The van der Waals surface area contributed by atoms with Gasteiger partial charge >= 0.3 is 6.03 Å². The van der Waals surface area contributed by atoms with Gasteiger partial charge in [-0.2, -0.15) is 9.40 Å². The van der Waals surface area contributed by atoms with Crippen LogP contribution in [0.5, 0.6) is 0 Å². The maximum absolute atomic E-state index is 12.3. The highest BCUT2D eigenvalue weighted by Crippen LogP contribution is 2.14. The molecule has 23 heavy (non-hydrogen) atoms. The van der Waals surface area contributed by atoms with Gasteiger partial charge in [-0.25, -0.2) is 13.2 Å². The van der Waals surface area contributed by atoms with Crippen LogP contribution in [-0.2, 0) is 21.8 Å². The van der Waals surface area contributed by atoms with Gasteiger partial charge in [0.2, 0.25) is 10.0 Å². The number of amides is 2. The van der Waals surface area contributed by atoms with E-state index in [1.54, 1.807) is 24.0 Å². The van der Waals surface area contributed by atoms with Crippen LogP contribution in [0.1, 0.15) is 13.8 Å². The number of hydrogen-bond acceptors (Lipinski definition) is 5. The summed E-state index contributed by atoms with van der Waals surface area (Å²) in [6.07, 6.45) is 1.43. The Balaban J connectivity index is 1.79. The van der Waals surface area contributed by atoms with Gasteiger partial charge in [0.1, 0.15) is 0 Å². The van der Waals surface area contributed by atoms with Crippen molar-refractivity contribution < 1.29 is 17.9 Å². The van der Waals surface area contributed by atoms with Crippen molar-refractivity contribution in [2.45, 2.75) is 26.1 Å². The highest BCUT2D eigenvalue weighted by atomic mass is 32.2. The van der Waals surface area contributed by atoms with E-state index in [4.69, 9.17) is 4.74 Å². The summed E-state index contributed by atoms with van der Waals surface area (Å²) in [5.41, 5.74) is 0. The van der Waals surface area contributed by atoms with E-state index in [1.165, 1.54) is 4.31 Å². The lowest BCUT2D eigenvalue weighted by Crippen LogP contribution is -2.49. The molecule has 2 rings (SSSR count). The average molecular weight is 345 g/mol. The second-order valence-electron chi connectivity index (χ2n) is 5.65. The second kappa shape index (κ2) is 7.28. The van der Waals surface area contributed by atoms with Gasteiger partial charge in [0.25, 0.3) is 0 Å². The highest BCUT2D eigenvalue weighted by molar-refractivity contribution is 7.89. The molecule has 1 saturated heterocycles. The maximum Gasteiger partial charge on any atom is 0.320 e. The van der Waals surface area contributed by atoms with Crippen LogP contribution in [0.4, 0.5) is 10.6 Å². The van der Waals surface area contributed by atoms with Crippen molar-refractivity contribution in [1.29, 1.82) is 0 Å². The molecular weight excluding hydrogens is 322 g/mol. The minimum Gasteiger partial charge on any atom is -0.373 e. The zero-order chi connectivity index (χ0) is 17.0. The van der Waals surface area contributed by atoms with Crippen molar-refractivity contribution in [3.8, 4) is 0 Å². The lowest BCUT2D eigenvalue weighted by Gasteiger charge is -2.34. The molecule has 0 aliphatic carbocycles. The zero-order valence-corrected chi connectivity index (χ0v) is 14.3. The summed E-state index contributed by atoms with van der Waals surface area (Å²) in [5.74, 6) is 0.255. The Labute approximate surface area is 136 Å². The normalized spacial score (nSPS) is 22.7. The van der Waals surface area contributed by atoms with Crippen LogP contribution in [0.3, 0.4) is 0 Å². The molecule has 2 atom stereocenters. The summed E-state index contributed by atoms with van der Waals surface area (Å²) < 4.78 is 33.1. The number of nitrogens with zero attached hydrogens (tertiary/aromatic N) is 3. The first kappa shape index (κ1) is 17.7. The number of hydrogen-bond donors (Lipinski definition) is 2. The molecule has 0 bridgehead atoms. The van der Waals surface area contributed by atoms with Crippen LogP contribution in [0.2, 0.25) is 0 Å². The molecule has 2 N–H and O–H groups in total. The summed E-state index contributed by atoms with van der Waals surface area (Å²) in [7, 11) is -1.69. The van der Waals surface area contributed by atoms with E-state index in [1.807, 2.05) is 13.8 Å². The van der Waals surface area contributed by atoms with Crippen LogP contribution in [-0.4, -0.2) is 66.1 Å². The fourth-order valence-corrected chi connectivity index (χ4v) is 3.92. The van der Waals surface area contributed by atoms with Gasteiger partial charge in [0, 0.05) is 38.9 Å². The first-order valence-electron chi connectivity index (χ1n) is 7.44. The Bertz CT molecular complexity index is 635. The maximum atomic E-state index is 12.3. The average Bonchev–Trinajstić information content (AvgIpc) is 2.82. The van der Waals surface area contributed by atoms with Gasteiger partial charge in [-0.1, -0.05) is 0 Å². The first-order chi connectivity index (χ1) is 10.8. The Morgan fingerprint density at radius 3 is 2.61 bits per heavy atom. The summed E-state index contributed by atoms with van der Waals surface area (Å²) in [6, 6.07) is 1.16. The molecule has 9 nitrogen and oxygen atoms in total. The molecule has 130 valence electrons. The van der Waals surface area contributed by atoms with E-state index in [-0.39, 0.29) is 24.5 Å². The van der Waals surface area contributed by atoms with Crippen molar-refractivity contribution in [2.75, 3.05) is 30.7 Å². The molecule has 2 amide bonds. The van der Waals surface area contributed by atoms with Crippen molar-refractivity contribution >= 4 is 21.9 Å². The fourth-order valence-electron chi connectivity index (χ4n) is 2.42. The van der Waals surface area contributed by atoms with E-state index in [2.05, 4.69) is 15.7 Å². The number of rotatable bonds is 5. The molecule has 1 aliphatic rings. The number of carbonyl (C=O) groups is 1. The SMILES string of the molecule is C[C@@H]1CN(S(=O)(=O)CCNC(=O)Nc2ccn(C)n2)C[C@H](C)O1. The van der Waals surface area contributed by atoms with Gasteiger partial charge in [-0.05, 0) is 13.8 Å². The molecule has 0 unspecified atom stereocenters. The van der Waals surface area contributed by atoms with Crippen LogP contribution in [0.25, 0.3) is 0 Å². The number of nitrogens with one attached hydrogen (secondary N) is 2. The molecular formula is C13H23N5O4S. The molecule has 2 heterocycles. The number of aromatic nitrogens is 2. The molecule has 1 aromatic rings. The van der Waals surface area contributed by atoms with Crippen molar-refractivity contribution in [2.24, 2.45) is 7.05 Å². The number of sulfonamides is 1. The lowest BCUT2D eigenvalue weighted by atomic mass is 10.3. The molecule has 0 saturated carbocycles. The Morgan fingerprint density at radius 2 is 2.04 bits per heavy atom. The second-order valence-corrected chi connectivity index (χ2v) is 7.73. The van der Waals surface area contributed by atoms with Gasteiger partial charge in [0.15, 0.2) is 5.82 Å². The first-order valence-corrected chi connectivity index (χ1v) is 9.05. The molecule has 0 spiro atoms. The summed E-state index contributed by atoms with van der Waals surface area (Å²) in [4.78, 5) is 11.7. The highest BCUT2D eigenvalue weighted by Gasteiger charge is 2.30. The topological polar surface area (TPSA) is 106 Å². The third-order valence-electron chi connectivity index (χ3n) is 3.38. The third kappa shape index (κ3) is 5.19. The summed E-state index contributed by atoms with van der Waals surface area (Å²) in [6.45, 7) is 4.40. The molecule has 1 aliphatic heterocycles. The summed E-state index contributed by atoms with van der Waals surface area (Å²) in [5, 5.41) is 9.06. The number of carbonyl (C=O) groups excluding carboxylic acids is 1. The number of aryl methyl sites for hydroxylation is 1. The molecule has 1 fully saturated rings. The van der Waals surface area contributed by atoms with Crippen LogP contribution < -0.4 is 10.6 Å². The number of ether oxygens (including phenoxy) is 1. The van der Waals surface area contributed by atoms with Gasteiger partial charge in [0.05, 0.1) is 18.0 Å². The molecule has 1 aromatic heterocycles. The monoisotopic (exact) mass is 345 g/mol. The van der Waals surface area contributed by atoms with Crippen LogP contribution in [0.15, 0.2) is 12.3 Å². The standard InChI is InChI=1S/C13H23N5O4S/c1-10-8-18(9-11(2)22-10)23(20,21)7-5-14-13(19)15-12-4-6-17(3)16-12/h4,6,10-11H,5,7-9H2,1-3H3,(H2,14,15,16,19)/t10-,11+. The lowest BCUT2D eigenvalue weighted by molar-refractivity contribution is -0.0440. The van der Waals surface area contributed by atoms with E-state index < -0.39 is 16.1 Å². The predicted molar refractivity (Wildman–Crippen MR) is 85.6 cm³/mol. The van der Waals surface area contributed by atoms with Gasteiger partial charge in [-0.3, -0.25) is 10.00 Å². The van der Waals surface area contributed by atoms with Crippen molar-refractivity contribution in [1.82, 2.24) is 19.4 Å². The van der Waals surface area contributed by atoms with Gasteiger partial charge in [-0.15, -0.1) is 0 Å². The van der Waals surface area contributed by atoms with Crippen molar-refractivity contribution in [3.05, 3.63) is 12.3 Å². The number of anilines is 1. The molecule has 10 heteroatoms. The third-order valence-corrected chi connectivity index (χ3v) is 5.19. The predicted octanol–water partition coefficient (Wildman–Crippen LogP) is -0.0194. The summed E-state index contributed by atoms with van der Waals surface area (Å²) >= 11 is 0. The van der Waals surface area contributed by atoms with E-state index in [0.29, 0.717) is 18.9 Å². The fraction of sp³-hybridized carbons (Fsp3) is 0.692. The van der Waals surface area contributed by atoms with E-state index in [9.17, 15) is 13.2 Å². The van der Waals surface area contributed by atoms with Crippen LogP contribution in [0, 0.1) is 0 Å². The molecule has 0 radical (unpaired) electrons. The number of morpholine rings is 1. The molecule has 0 aromatic carbocycles. The minimum atomic E-state index is -3.42. The smallest absolute Gasteiger partial charge is 0.320 e. The minimum absolute atomic E-state index is 0.0289. The largest absolute Gasteiger partial charge is 0.373 e. The van der Waals surface area contributed by atoms with E-state index >= 15 is 0 Å². The quantitative estimate of drug-likeness (QED) is 0.780. The van der Waals surface area contributed by atoms with Gasteiger partial charge < -0.3 is 10.1 Å². The van der Waals surface area contributed by atoms with Crippen molar-refractivity contribution in [3.63, 3.8) is 0 Å². The zero-order valence-electron chi connectivity index (χ0n) is 13.5.